The molecule has 0 aromatic heterocycles. The van der Waals surface area contributed by atoms with Gasteiger partial charge in [-0.2, -0.15) is 0 Å². The van der Waals surface area contributed by atoms with Crippen molar-refractivity contribution in [2.75, 3.05) is 7.05 Å². The van der Waals surface area contributed by atoms with Crippen molar-refractivity contribution < 1.29 is 9.59 Å². The van der Waals surface area contributed by atoms with Gasteiger partial charge in [-0.25, -0.2) is 0 Å². The van der Waals surface area contributed by atoms with Gasteiger partial charge in [-0.1, -0.05) is 20.8 Å². The smallest absolute Gasteiger partial charge is 0.231 e. The van der Waals surface area contributed by atoms with Crippen LogP contribution in [0.2, 0.25) is 0 Å². The van der Waals surface area contributed by atoms with Gasteiger partial charge in [0, 0.05) is 19.4 Å². The molecule has 0 radical (unpaired) electrons. The second-order valence-corrected chi connectivity index (χ2v) is 2.73. The first-order valence-corrected chi connectivity index (χ1v) is 4.43. The molecule has 70 valence electrons. The monoisotopic (exact) mass is 171 g/mol. The number of rotatable bonds is 0. The molecular weight excluding hydrogens is 154 g/mol. The maximum Gasteiger partial charge on any atom is 0.231 e. The Morgan fingerprint density at radius 1 is 1.33 bits per heavy atom. The molecule has 0 N–H and O–H groups in total. The lowest BCUT2D eigenvalue weighted by molar-refractivity contribution is -0.149. The molecule has 12 heavy (non-hydrogen) atoms. The predicted octanol–water partition coefficient (Wildman–Crippen LogP) is 1.43. The molecule has 1 unspecified atom stereocenters. The number of hydrogen-bond donors (Lipinski definition) is 0. The van der Waals surface area contributed by atoms with Crippen LogP contribution in [0.3, 0.4) is 0 Å². The first-order valence-electron chi connectivity index (χ1n) is 4.43. The average Bonchev–Trinajstić information content (AvgIpc) is 2.12. The van der Waals surface area contributed by atoms with Gasteiger partial charge in [0.15, 0.2) is 0 Å². The minimum atomic E-state index is -0.0527. The summed E-state index contributed by atoms with van der Waals surface area (Å²) in [4.78, 5) is 23.1. The van der Waals surface area contributed by atoms with Gasteiger partial charge >= 0.3 is 0 Å². The third-order valence-electron chi connectivity index (χ3n) is 1.92. The third-order valence-corrected chi connectivity index (χ3v) is 1.92. The Labute approximate surface area is 73.7 Å². The summed E-state index contributed by atoms with van der Waals surface area (Å²) in [5, 5.41) is 0. The molecule has 2 amide bonds. The zero-order chi connectivity index (χ0) is 9.72. The summed E-state index contributed by atoms with van der Waals surface area (Å²) < 4.78 is 0. The molecule has 1 saturated heterocycles. The summed E-state index contributed by atoms with van der Waals surface area (Å²) >= 11 is 0. The van der Waals surface area contributed by atoms with E-state index in [4.69, 9.17) is 0 Å². The van der Waals surface area contributed by atoms with Gasteiger partial charge in [-0.3, -0.25) is 14.5 Å². The lowest BCUT2D eigenvalue weighted by Gasteiger charge is -2.24. The second kappa shape index (κ2) is 4.91. The van der Waals surface area contributed by atoms with Crippen LogP contribution < -0.4 is 0 Å². The highest BCUT2D eigenvalue weighted by Gasteiger charge is 2.27. The first kappa shape index (κ1) is 11.1. The Morgan fingerprint density at radius 3 is 2.25 bits per heavy atom. The van der Waals surface area contributed by atoms with Gasteiger partial charge in [0.25, 0.3) is 0 Å². The highest BCUT2D eigenvalue weighted by atomic mass is 16.2. The highest BCUT2D eigenvalue weighted by Crippen LogP contribution is 2.16. The van der Waals surface area contributed by atoms with E-state index in [0.717, 1.165) is 0 Å². The van der Waals surface area contributed by atoms with Crippen LogP contribution in [-0.2, 0) is 9.59 Å². The minimum absolute atomic E-state index is 0.0303. The molecule has 1 fully saturated rings. The van der Waals surface area contributed by atoms with Crippen LogP contribution in [0.5, 0.6) is 0 Å². The van der Waals surface area contributed by atoms with Crippen molar-refractivity contribution in [3.05, 3.63) is 0 Å². The van der Waals surface area contributed by atoms with Gasteiger partial charge < -0.3 is 0 Å². The number of carbonyl (C=O) groups excluding carboxylic acids is 2. The molecule has 0 aromatic rings. The van der Waals surface area contributed by atoms with Crippen molar-refractivity contribution in [3.63, 3.8) is 0 Å². The first-order chi connectivity index (χ1) is 5.63. The molecule has 1 atom stereocenters. The largest absolute Gasteiger partial charge is 0.286 e. The van der Waals surface area contributed by atoms with Gasteiger partial charge in [0.1, 0.15) is 0 Å². The fourth-order valence-corrected chi connectivity index (χ4v) is 1.08. The Hall–Kier alpha value is -0.860. The van der Waals surface area contributed by atoms with Gasteiger partial charge in [0.2, 0.25) is 11.8 Å². The summed E-state index contributed by atoms with van der Waals surface area (Å²) in [6, 6.07) is 0. The fourth-order valence-electron chi connectivity index (χ4n) is 1.08. The number of likely N-dealkylation sites (tertiary alicyclic amines) is 1. The minimum Gasteiger partial charge on any atom is -0.286 e. The van der Waals surface area contributed by atoms with Crippen molar-refractivity contribution in [3.8, 4) is 0 Å². The number of nitrogens with zero attached hydrogens (tertiary/aromatic N) is 1. The Bertz CT molecular complexity index is 177. The molecule has 3 heteroatoms. The number of piperidine rings is 1. The van der Waals surface area contributed by atoms with E-state index in [1.165, 1.54) is 4.90 Å². The molecule has 0 saturated carbocycles. The highest BCUT2D eigenvalue weighted by molar-refractivity contribution is 5.98. The fraction of sp³-hybridized carbons (Fsp3) is 0.778. The van der Waals surface area contributed by atoms with Crippen molar-refractivity contribution in [2.24, 2.45) is 5.92 Å². The quantitative estimate of drug-likeness (QED) is 0.517. The van der Waals surface area contributed by atoms with Crippen LogP contribution in [0.15, 0.2) is 0 Å². The standard InChI is InChI=1S/C7H11NO2.C2H6/c1-5-3-4-6(9)8(2)7(5)10;1-2/h5H,3-4H2,1-2H3;1-2H3. The number of carbonyl (C=O) groups is 2. The van der Waals surface area contributed by atoms with Gasteiger partial charge in [-0.05, 0) is 6.42 Å². The maximum absolute atomic E-state index is 11.0. The van der Waals surface area contributed by atoms with Crippen LogP contribution in [0.4, 0.5) is 0 Å². The maximum atomic E-state index is 11.0. The molecule has 1 heterocycles. The third kappa shape index (κ3) is 2.32. The van der Waals surface area contributed by atoms with E-state index in [1.807, 2.05) is 20.8 Å². The van der Waals surface area contributed by atoms with Crippen molar-refractivity contribution >= 4 is 11.8 Å². The molecule has 0 bridgehead atoms. The molecule has 1 rings (SSSR count). The van der Waals surface area contributed by atoms with E-state index < -0.39 is 0 Å². The molecular formula is C9H17NO2. The molecule has 0 spiro atoms. The van der Waals surface area contributed by atoms with Crippen LogP contribution in [0.1, 0.15) is 33.6 Å². The van der Waals surface area contributed by atoms with Crippen LogP contribution >= 0.6 is 0 Å². The lowest BCUT2D eigenvalue weighted by atomic mass is 9.99. The van der Waals surface area contributed by atoms with E-state index >= 15 is 0 Å². The summed E-state index contributed by atoms with van der Waals surface area (Å²) in [7, 11) is 1.54. The average molecular weight is 171 g/mol. The molecule has 0 aliphatic carbocycles. The SMILES string of the molecule is CC.CC1CCC(=O)N(C)C1=O. The molecule has 0 aromatic carbocycles. The molecule has 3 nitrogen and oxygen atoms in total. The second-order valence-electron chi connectivity index (χ2n) is 2.73. The van der Waals surface area contributed by atoms with E-state index in [2.05, 4.69) is 0 Å². The normalized spacial score (nSPS) is 23.3. The van der Waals surface area contributed by atoms with Gasteiger partial charge in [0.05, 0.1) is 0 Å². The Kier molecular flexibility index (Phi) is 4.55. The number of imide groups is 1. The summed E-state index contributed by atoms with van der Waals surface area (Å²) in [5.74, 6) is -0.0675. The van der Waals surface area contributed by atoms with Crippen molar-refractivity contribution in [2.45, 2.75) is 33.6 Å². The van der Waals surface area contributed by atoms with Crippen molar-refractivity contribution in [1.29, 1.82) is 0 Å². The molecule has 1 aliphatic rings. The topological polar surface area (TPSA) is 37.4 Å². The van der Waals surface area contributed by atoms with Crippen molar-refractivity contribution in [1.82, 2.24) is 4.90 Å². The van der Waals surface area contributed by atoms with E-state index in [-0.39, 0.29) is 17.7 Å². The summed E-state index contributed by atoms with van der Waals surface area (Å²) in [6.45, 7) is 5.85. The Morgan fingerprint density at radius 2 is 1.83 bits per heavy atom. The lowest BCUT2D eigenvalue weighted by Crippen LogP contribution is -2.41. The van der Waals surface area contributed by atoms with E-state index in [9.17, 15) is 9.59 Å². The van der Waals surface area contributed by atoms with Crippen LogP contribution in [-0.4, -0.2) is 23.8 Å². The molecule has 1 aliphatic heterocycles. The Balaban J connectivity index is 0.000000561. The summed E-state index contributed by atoms with van der Waals surface area (Å²) in [6.07, 6.45) is 1.23. The van der Waals surface area contributed by atoms with Crippen LogP contribution in [0, 0.1) is 5.92 Å². The van der Waals surface area contributed by atoms with Crippen LogP contribution in [0.25, 0.3) is 0 Å². The van der Waals surface area contributed by atoms with E-state index in [1.54, 1.807) is 7.05 Å². The van der Waals surface area contributed by atoms with Gasteiger partial charge in [-0.15, -0.1) is 0 Å². The predicted molar refractivity (Wildman–Crippen MR) is 47.5 cm³/mol. The zero-order valence-corrected chi connectivity index (χ0v) is 8.26. The summed E-state index contributed by atoms with van der Waals surface area (Å²) in [5.41, 5.74) is 0. The number of amides is 2. The number of hydrogen-bond acceptors (Lipinski definition) is 2. The zero-order valence-electron chi connectivity index (χ0n) is 8.26. The van der Waals surface area contributed by atoms with E-state index in [0.29, 0.717) is 12.8 Å².